The molecule has 2 aromatic rings. The number of hydrogen-bond acceptors (Lipinski definition) is 5. The molecule has 0 radical (unpaired) electrons. The Kier molecular flexibility index (Phi) is 5.55. The van der Waals surface area contributed by atoms with Crippen molar-refractivity contribution in [3.05, 3.63) is 47.0 Å². The molecule has 0 spiro atoms. The van der Waals surface area contributed by atoms with Gasteiger partial charge < -0.3 is 19.4 Å². The van der Waals surface area contributed by atoms with Gasteiger partial charge in [-0.15, -0.1) is 0 Å². The summed E-state index contributed by atoms with van der Waals surface area (Å²) in [5.74, 6) is 0.524. The summed E-state index contributed by atoms with van der Waals surface area (Å²) in [4.78, 5) is 32.4. The second-order valence-corrected chi connectivity index (χ2v) is 6.57. The molecule has 0 unspecified atom stereocenters. The topological polar surface area (TPSA) is 84.5 Å². The highest BCUT2D eigenvalue weighted by Gasteiger charge is 2.25. The second kappa shape index (κ2) is 8.03. The summed E-state index contributed by atoms with van der Waals surface area (Å²) < 4.78 is 11.2. The molecule has 0 aromatic carbocycles. The van der Waals surface area contributed by atoms with Crippen molar-refractivity contribution in [2.24, 2.45) is 0 Å². The number of piperidine rings is 1. The molecule has 3 heterocycles. The SMILES string of the molecule is CC(C)OC(=O)N1CCC(Oc2cc(-c3cccnc3)[nH]c(=O)c2)CC1. The Bertz CT molecular complexity index is 796. The van der Waals surface area contributed by atoms with E-state index in [1.807, 2.05) is 26.0 Å². The van der Waals surface area contributed by atoms with Crippen LogP contribution in [0.25, 0.3) is 11.3 Å². The van der Waals surface area contributed by atoms with E-state index in [9.17, 15) is 9.59 Å². The molecule has 0 aliphatic carbocycles. The average Bonchev–Trinajstić information content (AvgIpc) is 2.62. The summed E-state index contributed by atoms with van der Waals surface area (Å²) in [6, 6.07) is 6.94. The van der Waals surface area contributed by atoms with E-state index in [4.69, 9.17) is 9.47 Å². The third-order valence-electron chi connectivity index (χ3n) is 4.13. The van der Waals surface area contributed by atoms with Crippen molar-refractivity contribution in [2.45, 2.75) is 38.9 Å². The fourth-order valence-corrected chi connectivity index (χ4v) is 2.89. The van der Waals surface area contributed by atoms with E-state index in [1.54, 1.807) is 23.4 Å². The maximum Gasteiger partial charge on any atom is 0.410 e. The van der Waals surface area contributed by atoms with Crippen LogP contribution in [0.5, 0.6) is 5.75 Å². The fourth-order valence-electron chi connectivity index (χ4n) is 2.89. The molecule has 1 fully saturated rings. The molecule has 1 aliphatic heterocycles. The van der Waals surface area contributed by atoms with E-state index in [0.29, 0.717) is 37.4 Å². The first kappa shape index (κ1) is 18.0. The minimum absolute atomic E-state index is 0.0401. The number of aromatic nitrogens is 2. The van der Waals surface area contributed by atoms with Gasteiger partial charge in [0.15, 0.2) is 0 Å². The van der Waals surface area contributed by atoms with Crippen LogP contribution in [0.1, 0.15) is 26.7 Å². The maximum absolute atomic E-state index is 11.9. The number of nitrogens with one attached hydrogen (secondary N) is 1. The number of nitrogens with zero attached hydrogens (tertiary/aromatic N) is 2. The summed E-state index contributed by atoms with van der Waals surface area (Å²) in [6.07, 6.45) is 4.31. The van der Waals surface area contributed by atoms with Gasteiger partial charge in [0, 0.05) is 56.0 Å². The zero-order chi connectivity index (χ0) is 18.5. The molecular weight excluding hydrogens is 334 g/mol. The molecule has 7 nitrogen and oxygen atoms in total. The first-order chi connectivity index (χ1) is 12.5. The number of rotatable bonds is 4. The molecule has 1 saturated heterocycles. The van der Waals surface area contributed by atoms with Gasteiger partial charge >= 0.3 is 6.09 Å². The monoisotopic (exact) mass is 357 g/mol. The lowest BCUT2D eigenvalue weighted by atomic mass is 10.1. The summed E-state index contributed by atoms with van der Waals surface area (Å²) in [5, 5.41) is 0. The molecule has 3 rings (SSSR count). The number of aromatic amines is 1. The maximum atomic E-state index is 11.9. The first-order valence-electron chi connectivity index (χ1n) is 8.78. The Balaban J connectivity index is 1.63. The molecule has 26 heavy (non-hydrogen) atoms. The molecule has 1 aliphatic rings. The van der Waals surface area contributed by atoms with Gasteiger partial charge in [-0.3, -0.25) is 9.78 Å². The second-order valence-electron chi connectivity index (χ2n) is 6.57. The highest BCUT2D eigenvalue weighted by Crippen LogP contribution is 2.22. The zero-order valence-corrected chi connectivity index (χ0v) is 15.0. The van der Waals surface area contributed by atoms with E-state index in [1.165, 1.54) is 6.07 Å². The predicted molar refractivity (Wildman–Crippen MR) is 97.1 cm³/mol. The van der Waals surface area contributed by atoms with Crippen molar-refractivity contribution in [1.29, 1.82) is 0 Å². The third-order valence-corrected chi connectivity index (χ3v) is 4.13. The summed E-state index contributed by atoms with van der Waals surface area (Å²) in [5.41, 5.74) is 1.26. The van der Waals surface area contributed by atoms with Crippen LogP contribution in [0.4, 0.5) is 4.79 Å². The molecule has 1 amide bonds. The minimum Gasteiger partial charge on any atom is -0.490 e. The van der Waals surface area contributed by atoms with E-state index in [0.717, 1.165) is 5.56 Å². The number of H-pyrrole nitrogens is 1. The quantitative estimate of drug-likeness (QED) is 0.909. The number of amides is 1. The van der Waals surface area contributed by atoms with Crippen LogP contribution in [-0.2, 0) is 4.74 Å². The fraction of sp³-hybridized carbons (Fsp3) is 0.421. The van der Waals surface area contributed by atoms with Gasteiger partial charge in [-0.05, 0) is 26.0 Å². The zero-order valence-electron chi connectivity index (χ0n) is 15.0. The van der Waals surface area contributed by atoms with Crippen molar-refractivity contribution in [3.63, 3.8) is 0 Å². The Hall–Kier alpha value is -2.83. The van der Waals surface area contributed by atoms with Crippen LogP contribution in [-0.4, -0.2) is 46.3 Å². The number of likely N-dealkylation sites (tertiary alicyclic amines) is 1. The molecular formula is C19H23N3O4. The van der Waals surface area contributed by atoms with Crippen LogP contribution in [0.15, 0.2) is 41.5 Å². The highest BCUT2D eigenvalue weighted by atomic mass is 16.6. The van der Waals surface area contributed by atoms with Crippen molar-refractivity contribution >= 4 is 6.09 Å². The Morgan fingerprint density at radius 3 is 2.73 bits per heavy atom. The van der Waals surface area contributed by atoms with Gasteiger partial charge in [-0.1, -0.05) is 0 Å². The van der Waals surface area contributed by atoms with Crippen LogP contribution >= 0.6 is 0 Å². The van der Waals surface area contributed by atoms with E-state index >= 15 is 0 Å². The molecule has 0 bridgehead atoms. The van der Waals surface area contributed by atoms with E-state index in [2.05, 4.69) is 9.97 Å². The molecule has 0 saturated carbocycles. The van der Waals surface area contributed by atoms with Gasteiger partial charge in [0.1, 0.15) is 11.9 Å². The summed E-state index contributed by atoms with van der Waals surface area (Å²) in [6.45, 7) is 4.82. The smallest absolute Gasteiger partial charge is 0.410 e. The Labute approximate surface area is 152 Å². The molecule has 1 N–H and O–H groups in total. The van der Waals surface area contributed by atoms with Gasteiger partial charge in [-0.2, -0.15) is 0 Å². The normalized spacial score (nSPS) is 15.1. The first-order valence-corrected chi connectivity index (χ1v) is 8.78. The number of carbonyl (C=O) groups is 1. The van der Waals surface area contributed by atoms with Crippen molar-refractivity contribution in [3.8, 4) is 17.0 Å². The van der Waals surface area contributed by atoms with Crippen molar-refractivity contribution < 1.29 is 14.3 Å². The van der Waals surface area contributed by atoms with Crippen LogP contribution in [0.3, 0.4) is 0 Å². The van der Waals surface area contributed by atoms with Gasteiger partial charge in [0.25, 0.3) is 5.56 Å². The Morgan fingerprint density at radius 2 is 2.08 bits per heavy atom. The average molecular weight is 357 g/mol. The number of ether oxygens (including phenoxy) is 2. The summed E-state index contributed by atoms with van der Waals surface area (Å²) >= 11 is 0. The third kappa shape index (κ3) is 4.62. The van der Waals surface area contributed by atoms with Gasteiger partial charge in [0.05, 0.1) is 11.8 Å². The predicted octanol–water partition coefficient (Wildman–Crippen LogP) is 2.83. The largest absolute Gasteiger partial charge is 0.490 e. The highest BCUT2D eigenvalue weighted by molar-refractivity contribution is 5.67. The minimum atomic E-state index is -0.284. The van der Waals surface area contributed by atoms with Gasteiger partial charge in [-0.25, -0.2) is 4.79 Å². The summed E-state index contributed by atoms with van der Waals surface area (Å²) in [7, 11) is 0. The Morgan fingerprint density at radius 1 is 1.31 bits per heavy atom. The lowest BCUT2D eigenvalue weighted by Gasteiger charge is -2.32. The molecule has 2 aromatic heterocycles. The molecule has 7 heteroatoms. The molecule has 0 atom stereocenters. The standard InChI is InChI=1S/C19H23N3O4/c1-13(2)25-19(24)22-8-5-15(6-9-22)26-16-10-17(21-18(23)11-16)14-4-3-7-20-12-14/h3-4,7,10-13,15H,5-6,8-9H2,1-2H3,(H,21,23). The van der Waals surface area contributed by atoms with Gasteiger partial charge in [0.2, 0.25) is 0 Å². The number of pyridine rings is 2. The van der Waals surface area contributed by atoms with E-state index < -0.39 is 0 Å². The lowest BCUT2D eigenvalue weighted by Crippen LogP contribution is -2.42. The molecule has 138 valence electrons. The van der Waals surface area contributed by atoms with Crippen LogP contribution < -0.4 is 10.3 Å². The van der Waals surface area contributed by atoms with Crippen LogP contribution in [0, 0.1) is 0 Å². The van der Waals surface area contributed by atoms with Crippen molar-refractivity contribution in [2.75, 3.05) is 13.1 Å². The lowest BCUT2D eigenvalue weighted by molar-refractivity contribution is 0.0517. The van der Waals surface area contributed by atoms with Crippen molar-refractivity contribution in [1.82, 2.24) is 14.9 Å². The number of carbonyl (C=O) groups excluding carboxylic acids is 1. The van der Waals surface area contributed by atoms with E-state index in [-0.39, 0.29) is 23.9 Å². The number of hydrogen-bond donors (Lipinski definition) is 1. The van der Waals surface area contributed by atoms with Crippen LogP contribution in [0.2, 0.25) is 0 Å².